The molecule has 0 unspecified atom stereocenters. The van der Waals surface area contributed by atoms with E-state index >= 15 is 0 Å². The predicted octanol–water partition coefficient (Wildman–Crippen LogP) is 8.18. The Hall–Kier alpha value is -7.20. The molecule has 0 aliphatic rings. The number of hydrogen-bond acceptors (Lipinski definition) is 6. The first-order chi connectivity index (χ1) is 24.9. The van der Waals surface area contributed by atoms with Gasteiger partial charge in [-0.3, -0.25) is 29.9 Å². The summed E-state index contributed by atoms with van der Waals surface area (Å²) in [7, 11) is 0. The second-order valence-electron chi connectivity index (χ2n) is 12.0. The Morgan fingerprint density at radius 3 is 0.725 bits per heavy atom. The fourth-order valence-electron chi connectivity index (χ4n) is 4.99. The van der Waals surface area contributed by atoms with Crippen LogP contribution in [0.3, 0.4) is 0 Å². The number of aryl methyl sites for hydroxylation is 3. The quantitative estimate of drug-likeness (QED) is 0.179. The standard InChI is InChI=1S/C45H30N6/c1-31-4-16-40(46-25-31)43-19-13-34(28-49-43)7-10-37-22-38(11-8-35-14-20-44(50-29-35)41-17-5-32(2)26-47-41)24-39(23-37)12-9-36-15-21-45(51-30-36)42-18-6-33(3)27-48-42/h4-6,13-30H,1-3H3. The maximum Gasteiger partial charge on any atom is 0.0887 e. The molecule has 0 N–H and O–H groups in total. The van der Waals surface area contributed by atoms with Crippen molar-refractivity contribution in [3.63, 3.8) is 0 Å². The third-order valence-corrected chi connectivity index (χ3v) is 7.80. The Morgan fingerprint density at radius 2 is 0.510 bits per heavy atom. The maximum atomic E-state index is 4.58. The van der Waals surface area contributed by atoms with Crippen molar-refractivity contribution in [3.8, 4) is 69.7 Å². The van der Waals surface area contributed by atoms with E-state index in [1.54, 1.807) is 18.6 Å². The normalized spacial score (nSPS) is 10.2. The summed E-state index contributed by atoms with van der Waals surface area (Å²) in [4.78, 5) is 27.2. The van der Waals surface area contributed by atoms with E-state index in [1.807, 2.05) is 130 Å². The Balaban J connectivity index is 1.16. The molecule has 1 aromatic carbocycles. The minimum Gasteiger partial charge on any atom is -0.254 e. The lowest BCUT2D eigenvalue weighted by Gasteiger charge is -2.01. The van der Waals surface area contributed by atoms with E-state index in [-0.39, 0.29) is 0 Å². The average Bonchev–Trinajstić information content (AvgIpc) is 3.17. The van der Waals surface area contributed by atoms with Gasteiger partial charge in [-0.25, -0.2) is 0 Å². The molecular weight excluding hydrogens is 625 g/mol. The van der Waals surface area contributed by atoms with Gasteiger partial charge in [-0.05, 0) is 110 Å². The van der Waals surface area contributed by atoms with Gasteiger partial charge in [0, 0.05) is 70.6 Å². The molecule has 6 heterocycles. The first-order valence-electron chi connectivity index (χ1n) is 16.3. The molecule has 0 spiro atoms. The van der Waals surface area contributed by atoms with Crippen molar-refractivity contribution in [1.29, 1.82) is 0 Å². The van der Waals surface area contributed by atoms with Crippen LogP contribution < -0.4 is 0 Å². The van der Waals surface area contributed by atoms with E-state index in [1.165, 1.54) is 0 Å². The van der Waals surface area contributed by atoms with Crippen LogP contribution >= 0.6 is 0 Å². The van der Waals surface area contributed by atoms with Crippen LogP contribution in [-0.4, -0.2) is 29.9 Å². The van der Waals surface area contributed by atoms with Crippen LogP contribution in [0.25, 0.3) is 34.2 Å². The molecule has 0 saturated carbocycles. The van der Waals surface area contributed by atoms with Crippen LogP contribution in [0.5, 0.6) is 0 Å². The van der Waals surface area contributed by atoms with Gasteiger partial charge in [0.15, 0.2) is 0 Å². The first kappa shape index (κ1) is 32.4. The number of rotatable bonds is 3. The molecule has 0 aliphatic carbocycles. The van der Waals surface area contributed by atoms with E-state index in [0.29, 0.717) is 0 Å². The van der Waals surface area contributed by atoms with Crippen LogP contribution in [0.1, 0.15) is 50.1 Å². The molecule has 6 aromatic heterocycles. The smallest absolute Gasteiger partial charge is 0.0887 e. The summed E-state index contributed by atoms with van der Waals surface area (Å²) >= 11 is 0. The number of hydrogen-bond donors (Lipinski definition) is 0. The van der Waals surface area contributed by atoms with Gasteiger partial charge in [-0.1, -0.05) is 53.7 Å². The van der Waals surface area contributed by atoms with Crippen molar-refractivity contribution in [3.05, 3.63) is 178 Å². The Bertz CT molecular complexity index is 2200. The largest absolute Gasteiger partial charge is 0.254 e. The van der Waals surface area contributed by atoms with E-state index < -0.39 is 0 Å². The highest BCUT2D eigenvalue weighted by atomic mass is 14.8. The van der Waals surface area contributed by atoms with Gasteiger partial charge in [0.1, 0.15) is 0 Å². The van der Waals surface area contributed by atoms with E-state index in [0.717, 1.165) is 84.2 Å². The fraction of sp³-hybridized carbons (Fsp3) is 0.0667. The number of benzene rings is 1. The monoisotopic (exact) mass is 654 g/mol. The van der Waals surface area contributed by atoms with Gasteiger partial charge >= 0.3 is 0 Å². The minimum atomic E-state index is 0.785. The van der Waals surface area contributed by atoms with Gasteiger partial charge in [-0.2, -0.15) is 0 Å². The topological polar surface area (TPSA) is 77.3 Å². The zero-order chi connectivity index (χ0) is 35.0. The summed E-state index contributed by atoms with van der Waals surface area (Å²) in [5.41, 5.74) is 12.9. The highest BCUT2D eigenvalue weighted by Gasteiger charge is 2.04. The number of nitrogens with zero attached hydrogens (tertiary/aromatic N) is 6. The SMILES string of the molecule is Cc1ccc(-c2ccc(C#Cc3cc(C#Cc4ccc(-c5ccc(C)cn5)nc4)cc(C#Cc4ccc(-c5ccc(C)cn5)nc4)c3)cn2)nc1. The zero-order valence-electron chi connectivity index (χ0n) is 28.3. The zero-order valence-corrected chi connectivity index (χ0v) is 28.3. The van der Waals surface area contributed by atoms with Crippen LogP contribution in [0, 0.1) is 56.3 Å². The molecule has 0 radical (unpaired) electrons. The van der Waals surface area contributed by atoms with Gasteiger partial charge in [0.05, 0.1) is 34.2 Å². The van der Waals surface area contributed by atoms with Gasteiger partial charge in [-0.15, -0.1) is 0 Å². The molecule has 7 aromatic rings. The summed E-state index contributed by atoms with van der Waals surface area (Å²) in [6.45, 7) is 6.04. The summed E-state index contributed by atoms with van der Waals surface area (Å²) in [5, 5.41) is 0. The number of aromatic nitrogens is 6. The van der Waals surface area contributed by atoms with Crippen LogP contribution in [0.2, 0.25) is 0 Å². The van der Waals surface area contributed by atoms with Gasteiger partial charge in [0.25, 0.3) is 0 Å². The molecule has 0 saturated heterocycles. The van der Waals surface area contributed by atoms with Crippen LogP contribution in [0.4, 0.5) is 0 Å². The highest BCUT2D eigenvalue weighted by Crippen LogP contribution is 2.18. The summed E-state index contributed by atoms with van der Waals surface area (Å²) < 4.78 is 0. The van der Waals surface area contributed by atoms with Crippen molar-refractivity contribution in [2.75, 3.05) is 0 Å². The van der Waals surface area contributed by atoms with E-state index in [2.05, 4.69) is 65.4 Å². The average molecular weight is 655 g/mol. The maximum absolute atomic E-state index is 4.58. The van der Waals surface area contributed by atoms with Crippen molar-refractivity contribution in [1.82, 2.24) is 29.9 Å². The third kappa shape index (κ3) is 8.45. The summed E-state index contributed by atoms with van der Waals surface area (Å²) in [6.07, 6.45) is 10.8. The number of pyridine rings is 6. The molecule has 0 fully saturated rings. The van der Waals surface area contributed by atoms with Crippen LogP contribution in [-0.2, 0) is 0 Å². The lowest BCUT2D eigenvalue weighted by atomic mass is 10.0. The predicted molar refractivity (Wildman–Crippen MR) is 201 cm³/mol. The second-order valence-corrected chi connectivity index (χ2v) is 12.0. The molecule has 6 heteroatoms. The highest BCUT2D eigenvalue weighted by molar-refractivity contribution is 5.59. The Kier molecular flexibility index (Phi) is 9.46. The second kappa shape index (κ2) is 14.9. The summed E-state index contributed by atoms with van der Waals surface area (Å²) in [6, 6.07) is 29.5. The van der Waals surface area contributed by atoms with Gasteiger partial charge < -0.3 is 0 Å². The molecule has 6 nitrogen and oxygen atoms in total. The molecule has 0 atom stereocenters. The lowest BCUT2D eigenvalue weighted by molar-refractivity contribution is 1.22. The Morgan fingerprint density at radius 1 is 0.275 bits per heavy atom. The lowest BCUT2D eigenvalue weighted by Crippen LogP contribution is -1.89. The van der Waals surface area contributed by atoms with Crippen molar-refractivity contribution < 1.29 is 0 Å². The Labute approximate surface area is 297 Å². The molecule has 51 heavy (non-hydrogen) atoms. The summed E-state index contributed by atoms with van der Waals surface area (Å²) in [5.74, 6) is 19.6. The van der Waals surface area contributed by atoms with Crippen LogP contribution in [0.15, 0.2) is 128 Å². The molecule has 240 valence electrons. The molecular formula is C45H30N6. The van der Waals surface area contributed by atoms with E-state index in [9.17, 15) is 0 Å². The van der Waals surface area contributed by atoms with Gasteiger partial charge in [0.2, 0.25) is 0 Å². The third-order valence-electron chi connectivity index (χ3n) is 7.80. The molecule has 0 amide bonds. The van der Waals surface area contributed by atoms with E-state index in [4.69, 9.17) is 0 Å². The molecule has 0 aliphatic heterocycles. The fourth-order valence-corrected chi connectivity index (χ4v) is 4.99. The molecule has 7 rings (SSSR count). The van der Waals surface area contributed by atoms with Crippen molar-refractivity contribution >= 4 is 0 Å². The van der Waals surface area contributed by atoms with Crippen molar-refractivity contribution in [2.24, 2.45) is 0 Å². The molecule has 0 bridgehead atoms. The first-order valence-corrected chi connectivity index (χ1v) is 16.3. The minimum absolute atomic E-state index is 0.785. The van der Waals surface area contributed by atoms with Crippen molar-refractivity contribution in [2.45, 2.75) is 20.8 Å².